The van der Waals surface area contributed by atoms with Gasteiger partial charge in [-0.05, 0) is 6.42 Å². The van der Waals surface area contributed by atoms with E-state index in [0.29, 0.717) is 13.2 Å². The van der Waals surface area contributed by atoms with Crippen LogP contribution in [-0.4, -0.2) is 25.2 Å². The fraction of sp³-hybridized carbons (Fsp3) is 0.833. The lowest BCUT2D eigenvalue weighted by molar-refractivity contribution is -0.126. The van der Waals surface area contributed by atoms with Crippen LogP contribution >= 0.6 is 0 Å². The van der Waals surface area contributed by atoms with Crippen molar-refractivity contribution in [2.45, 2.75) is 12.5 Å². The van der Waals surface area contributed by atoms with Gasteiger partial charge in [0.25, 0.3) is 0 Å². The highest BCUT2D eigenvalue weighted by atomic mass is 16.5. The molecule has 0 aromatic heterocycles. The van der Waals surface area contributed by atoms with Gasteiger partial charge in [-0.25, -0.2) is 0 Å². The number of amides is 1. The van der Waals surface area contributed by atoms with Gasteiger partial charge < -0.3 is 16.2 Å². The number of ether oxygens (including phenoxy) is 1. The molecule has 1 aliphatic rings. The third-order valence-corrected chi connectivity index (χ3v) is 1.78. The number of hydrogen-bond donors (Lipinski definition) is 2. The molecule has 0 bridgehead atoms. The average molecular weight is 144 g/mol. The largest absolute Gasteiger partial charge is 0.381 e. The van der Waals surface area contributed by atoms with Crippen LogP contribution in [0.5, 0.6) is 0 Å². The van der Waals surface area contributed by atoms with Crippen LogP contribution in [0.25, 0.3) is 0 Å². The molecule has 0 saturated carbocycles. The zero-order chi connectivity index (χ0) is 7.56. The van der Waals surface area contributed by atoms with Crippen LogP contribution in [-0.2, 0) is 9.53 Å². The molecule has 0 aromatic carbocycles. The minimum atomic E-state index is -0.354. The molecule has 1 rings (SSSR count). The summed E-state index contributed by atoms with van der Waals surface area (Å²) in [5.41, 5.74) is 10.7. The predicted octanol–water partition coefficient (Wildman–Crippen LogP) is -1.16. The van der Waals surface area contributed by atoms with Gasteiger partial charge in [0.1, 0.15) is 0 Å². The number of rotatable bonds is 1. The highest BCUT2D eigenvalue weighted by Gasteiger charge is 2.26. The lowest BCUT2D eigenvalue weighted by Gasteiger charge is -2.25. The zero-order valence-electron chi connectivity index (χ0n) is 5.75. The fourth-order valence-corrected chi connectivity index (χ4v) is 1.05. The maximum atomic E-state index is 10.6. The Labute approximate surface area is 59.5 Å². The lowest BCUT2D eigenvalue weighted by atomic mass is 9.96. The Bertz CT molecular complexity index is 138. The van der Waals surface area contributed by atoms with Crippen molar-refractivity contribution in [3.63, 3.8) is 0 Å². The van der Waals surface area contributed by atoms with Gasteiger partial charge in [0, 0.05) is 12.6 Å². The summed E-state index contributed by atoms with van der Waals surface area (Å²) in [6, 6.07) is -0.105. The van der Waals surface area contributed by atoms with E-state index in [0.717, 1.165) is 6.42 Å². The second kappa shape index (κ2) is 2.98. The molecule has 4 heteroatoms. The van der Waals surface area contributed by atoms with Crippen LogP contribution in [0.1, 0.15) is 6.42 Å². The Kier molecular flexibility index (Phi) is 2.24. The van der Waals surface area contributed by atoms with Crippen molar-refractivity contribution in [2.24, 2.45) is 17.4 Å². The number of primary amides is 1. The molecule has 4 nitrogen and oxygen atoms in total. The van der Waals surface area contributed by atoms with Gasteiger partial charge in [-0.1, -0.05) is 0 Å². The van der Waals surface area contributed by atoms with E-state index in [2.05, 4.69) is 0 Å². The van der Waals surface area contributed by atoms with E-state index in [4.69, 9.17) is 16.2 Å². The first-order valence-electron chi connectivity index (χ1n) is 3.34. The summed E-state index contributed by atoms with van der Waals surface area (Å²) in [6.45, 7) is 1.03. The first kappa shape index (κ1) is 7.50. The number of carbonyl (C=O) groups excluding carboxylic acids is 1. The third kappa shape index (κ3) is 1.46. The minimum Gasteiger partial charge on any atom is -0.381 e. The second-order valence-corrected chi connectivity index (χ2v) is 2.54. The molecule has 0 aromatic rings. The van der Waals surface area contributed by atoms with Crippen molar-refractivity contribution >= 4 is 5.91 Å². The molecular weight excluding hydrogens is 132 g/mol. The molecule has 58 valence electrons. The highest BCUT2D eigenvalue weighted by molar-refractivity contribution is 5.77. The fourth-order valence-electron chi connectivity index (χ4n) is 1.05. The Morgan fingerprint density at radius 2 is 2.30 bits per heavy atom. The van der Waals surface area contributed by atoms with Crippen molar-refractivity contribution in [1.29, 1.82) is 0 Å². The van der Waals surface area contributed by atoms with Crippen molar-refractivity contribution in [3.05, 3.63) is 0 Å². The van der Waals surface area contributed by atoms with E-state index >= 15 is 0 Å². The van der Waals surface area contributed by atoms with Crippen LogP contribution in [0.3, 0.4) is 0 Å². The normalized spacial score (nSPS) is 33.7. The minimum absolute atomic E-state index is 0.105. The SMILES string of the molecule is NC(=O)C1COCCC1N. The molecule has 1 aliphatic heterocycles. The highest BCUT2D eigenvalue weighted by Crippen LogP contribution is 2.11. The van der Waals surface area contributed by atoms with Crippen molar-refractivity contribution in [2.75, 3.05) is 13.2 Å². The molecular formula is C6H12N2O2. The summed E-state index contributed by atoms with van der Waals surface area (Å²) in [7, 11) is 0. The smallest absolute Gasteiger partial charge is 0.224 e. The van der Waals surface area contributed by atoms with E-state index in [9.17, 15) is 4.79 Å². The lowest BCUT2D eigenvalue weighted by Crippen LogP contribution is -2.45. The maximum absolute atomic E-state index is 10.6. The topological polar surface area (TPSA) is 78.3 Å². The van der Waals surface area contributed by atoms with Crippen LogP contribution < -0.4 is 11.5 Å². The summed E-state index contributed by atoms with van der Waals surface area (Å²) in [5, 5.41) is 0. The van der Waals surface area contributed by atoms with E-state index in [1.165, 1.54) is 0 Å². The van der Waals surface area contributed by atoms with Gasteiger partial charge in [-0.15, -0.1) is 0 Å². The quantitative estimate of drug-likeness (QED) is 0.487. The van der Waals surface area contributed by atoms with E-state index < -0.39 is 0 Å². The first-order chi connectivity index (χ1) is 4.72. The molecule has 0 spiro atoms. The van der Waals surface area contributed by atoms with Crippen LogP contribution in [0.4, 0.5) is 0 Å². The third-order valence-electron chi connectivity index (χ3n) is 1.78. The Balaban J connectivity index is 2.47. The molecule has 10 heavy (non-hydrogen) atoms. The number of hydrogen-bond acceptors (Lipinski definition) is 3. The van der Waals surface area contributed by atoms with E-state index in [1.54, 1.807) is 0 Å². The molecule has 0 aliphatic carbocycles. The monoisotopic (exact) mass is 144 g/mol. The van der Waals surface area contributed by atoms with Crippen molar-refractivity contribution < 1.29 is 9.53 Å². The molecule has 4 N–H and O–H groups in total. The van der Waals surface area contributed by atoms with Crippen molar-refractivity contribution in [1.82, 2.24) is 0 Å². The first-order valence-corrected chi connectivity index (χ1v) is 3.34. The van der Waals surface area contributed by atoms with Crippen LogP contribution in [0.15, 0.2) is 0 Å². The van der Waals surface area contributed by atoms with Crippen LogP contribution in [0.2, 0.25) is 0 Å². The standard InChI is InChI=1S/C6H12N2O2/c7-5-1-2-10-3-4(5)6(8)9/h4-5H,1-3,7H2,(H2,8,9). The summed E-state index contributed by atoms with van der Waals surface area (Å²) in [4.78, 5) is 10.6. The van der Waals surface area contributed by atoms with Gasteiger partial charge in [-0.3, -0.25) is 4.79 Å². The molecule has 1 amide bonds. The summed E-state index contributed by atoms with van der Waals surface area (Å²) >= 11 is 0. The summed E-state index contributed by atoms with van der Waals surface area (Å²) < 4.78 is 5.03. The van der Waals surface area contributed by atoms with Gasteiger partial charge in [-0.2, -0.15) is 0 Å². The molecule has 2 atom stereocenters. The predicted molar refractivity (Wildman–Crippen MR) is 36.1 cm³/mol. The molecule has 1 heterocycles. The van der Waals surface area contributed by atoms with E-state index in [-0.39, 0.29) is 17.9 Å². The van der Waals surface area contributed by atoms with Gasteiger partial charge in [0.15, 0.2) is 0 Å². The maximum Gasteiger partial charge on any atom is 0.224 e. The summed E-state index contributed by atoms with van der Waals surface area (Å²) in [5.74, 6) is -0.638. The molecule has 1 fully saturated rings. The molecule has 0 radical (unpaired) electrons. The van der Waals surface area contributed by atoms with Gasteiger partial charge in [0.2, 0.25) is 5.91 Å². The van der Waals surface area contributed by atoms with Gasteiger partial charge >= 0.3 is 0 Å². The Morgan fingerprint density at radius 1 is 1.60 bits per heavy atom. The zero-order valence-corrected chi connectivity index (χ0v) is 5.75. The molecule has 2 unspecified atom stereocenters. The Morgan fingerprint density at radius 3 is 2.70 bits per heavy atom. The van der Waals surface area contributed by atoms with Gasteiger partial charge in [0.05, 0.1) is 12.5 Å². The van der Waals surface area contributed by atoms with Crippen molar-refractivity contribution in [3.8, 4) is 0 Å². The van der Waals surface area contributed by atoms with E-state index in [1.807, 2.05) is 0 Å². The second-order valence-electron chi connectivity index (χ2n) is 2.54. The average Bonchev–Trinajstić information content (AvgIpc) is 1.88. The number of carbonyl (C=O) groups is 1. The molecule has 1 saturated heterocycles. The van der Waals surface area contributed by atoms with Crippen LogP contribution in [0, 0.1) is 5.92 Å². The number of nitrogens with two attached hydrogens (primary N) is 2. The Hall–Kier alpha value is -0.610. The summed E-state index contributed by atoms with van der Waals surface area (Å²) in [6.07, 6.45) is 0.730.